The lowest BCUT2D eigenvalue weighted by molar-refractivity contribution is -0.143. The number of nitrogens with one attached hydrogen (secondary N) is 2. The number of hydrogen-bond acceptors (Lipinski definition) is 7. The number of halogens is 2. The molecule has 0 unspecified atom stereocenters. The molecule has 0 aliphatic heterocycles. The predicted molar refractivity (Wildman–Crippen MR) is 117 cm³/mol. The molecule has 2 rings (SSSR count). The van der Waals surface area contributed by atoms with Crippen molar-refractivity contribution in [3.8, 4) is 11.5 Å². The van der Waals surface area contributed by atoms with Gasteiger partial charge >= 0.3 is 5.97 Å². The Kier molecular flexibility index (Phi) is 9.61. The average molecular weight is 510 g/mol. The standard InChI is InChI=1S/C21H21BrFN3O6/c1-30-17-10-13(9-15(22)20(17)32-12-19(28)31-2)11-25-26-18(27)7-8-24-21(29)14-5-3-4-6-16(14)23/h3-6,9-11H,7-8,12H2,1-2H3,(H,24,29)(H,26,27). The van der Waals surface area contributed by atoms with Crippen LogP contribution in [0.4, 0.5) is 4.39 Å². The second-order valence-corrected chi connectivity index (χ2v) is 7.03. The lowest BCUT2D eigenvalue weighted by Crippen LogP contribution is -2.29. The number of carbonyl (C=O) groups is 3. The predicted octanol–water partition coefficient (Wildman–Crippen LogP) is 2.42. The van der Waals surface area contributed by atoms with Crippen molar-refractivity contribution in [3.63, 3.8) is 0 Å². The highest BCUT2D eigenvalue weighted by molar-refractivity contribution is 9.10. The van der Waals surface area contributed by atoms with Crippen LogP contribution in [-0.2, 0) is 14.3 Å². The third kappa shape index (κ3) is 7.34. The van der Waals surface area contributed by atoms with E-state index in [-0.39, 0.29) is 25.1 Å². The van der Waals surface area contributed by atoms with Gasteiger partial charge in [-0.05, 0) is 45.8 Å². The number of nitrogens with zero attached hydrogens (tertiary/aromatic N) is 1. The Hall–Kier alpha value is -3.47. The lowest BCUT2D eigenvalue weighted by atomic mass is 10.2. The average Bonchev–Trinajstić information content (AvgIpc) is 2.77. The van der Waals surface area contributed by atoms with Crippen LogP contribution in [0.5, 0.6) is 11.5 Å². The minimum absolute atomic E-state index is 0.0140. The fraction of sp³-hybridized carbons (Fsp3) is 0.238. The smallest absolute Gasteiger partial charge is 0.343 e. The maximum absolute atomic E-state index is 13.6. The van der Waals surface area contributed by atoms with Gasteiger partial charge in [-0.1, -0.05) is 12.1 Å². The van der Waals surface area contributed by atoms with E-state index in [2.05, 4.69) is 36.5 Å². The first-order chi connectivity index (χ1) is 15.3. The molecule has 0 heterocycles. The summed E-state index contributed by atoms with van der Waals surface area (Å²) in [6.07, 6.45) is 1.33. The van der Waals surface area contributed by atoms with Crippen LogP contribution in [0.1, 0.15) is 22.3 Å². The maximum Gasteiger partial charge on any atom is 0.343 e. The van der Waals surface area contributed by atoms with Crippen molar-refractivity contribution < 1.29 is 33.0 Å². The summed E-state index contributed by atoms with van der Waals surface area (Å²) in [6, 6.07) is 8.81. The SMILES string of the molecule is COC(=O)COc1c(Br)cc(C=NNC(=O)CCNC(=O)c2ccccc2F)cc1OC. The molecule has 0 radical (unpaired) electrons. The summed E-state index contributed by atoms with van der Waals surface area (Å²) in [6.45, 7) is -0.275. The Labute approximate surface area is 192 Å². The summed E-state index contributed by atoms with van der Waals surface area (Å²) in [5, 5.41) is 6.33. The van der Waals surface area contributed by atoms with Crippen molar-refractivity contribution in [2.45, 2.75) is 6.42 Å². The van der Waals surface area contributed by atoms with Gasteiger partial charge in [-0.15, -0.1) is 0 Å². The minimum atomic E-state index is -0.637. The first-order valence-electron chi connectivity index (χ1n) is 9.27. The fourth-order valence-corrected chi connectivity index (χ4v) is 2.98. The van der Waals surface area contributed by atoms with Crippen LogP contribution in [0.25, 0.3) is 0 Å². The van der Waals surface area contributed by atoms with Gasteiger partial charge in [0.15, 0.2) is 18.1 Å². The highest BCUT2D eigenvalue weighted by Crippen LogP contribution is 2.36. The Balaban J connectivity index is 1.87. The molecule has 0 atom stereocenters. The lowest BCUT2D eigenvalue weighted by Gasteiger charge is -2.12. The molecule has 0 aromatic heterocycles. The summed E-state index contributed by atoms with van der Waals surface area (Å²) in [7, 11) is 2.69. The van der Waals surface area contributed by atoms with Gasteiger partial charge in [0, 0.05) is 13.0 Å². The molecule has 170 valence electrons. The molecule has 2 amide bonds. The maximum atomic E-state index is 13.6. The summed E-state index contributed by atoms with van der Waals surface area (Å²) >= 11 is 3.33. The third-order valence-corrected chi connectivity index (χ3v) is 4.56. The van der Waals surface area contributed by atoms with Crippen molar-refractivity contribution in [3.05, 3.63) is 57.8 Å². The van der Waals surface area contributed by atoms with Gasteiger partial charge in [0.05, 0.1) is 30.5 Å². The fourth-order valence-electron chi connectivity index (χ4n) is 2.41. The zero-order valence-electron chi connectivity index (χ0n) is 17.3. The van der Waals surface area contributed by atoms with Gasteiger partial charge in [-0.25, -0.2) is 14.6 Å². The summed E-state index contributed by atoms with van der Waals surface area (Å²) in [5.41, 5.74) is 2.81. The van der Waals surface area contributed by atoms with E-state index in [9.17, 15) is 18.8 Å². The molecule has 0 bridgehead atoms. The number of ether oxygens (including phenoxy) is 3. The molecular formula is C21H21BrFN3O6. The Morgan fingerprint density at radius 1 is 1.19 bits per heavy atom. The van der Waals surface area contributed by atoms with Crippen LogP contribution in [0.15, 0.2) is 46.0 Å². The van der Waals surface area contributed by atoms with Gasteiger partial charge in [-0.3, -0.25) is 9.59 Å². The van der Waals surface area contributed by atoms with Gasteiger partial charge in [0.1, 0.15) is 5.82 Å². The van der Waals surface area contributed by atoms with Crippen LogP contribution < -0.4 is 20.2 Å². The van der Waals surface area contributed by atoms with Crippen molar-refractivity contribution in [2.24, 2.45) is 5.10 Å². The number of hydrazone groups is 1. The molecule has 0 fully saturated rings. The second kappa shape index (κ2) is 12.4. The van der Waals surface area contributed by atoms with Crippen LogP contribution in [0.3, 0.4) is 0 Å². The largest absolute Gasteiger partial charge is 0.493 e. The Morgan fingerprint density at radius 3 is 2.62 bits per heavy atom. The van der Waals surface area contributed by atoms with E-state index >= 15 is 0 Å². The molecule has 0 saturated carbocycles. The molecule has 32 heavy (non-hydrogen) atoms. The quantitative estimate of drug-likeness (QED) is 0.288. The van der Waals surface area contributed by atoms with Crippen LogP contribution in [0.2, 0.25) is 0 Å². The first kappa shape index (κ1) is 24.8. The molecule has 0 spiro atoms. The molecule has 2 N–H and O–H groups in total. The second-order valence-electron chi connectivity index (χ2n) is 6.18. The number of benzene rings is 2. The van der Waals surface area contributed by atoms with E-state index in [1.165, 1.54) is 38.6 Å². The summed E-state index contributed by atoms with van der Waals surface area (Å²) in [5.74, 6) is -1.58. The Bertz CT molecular complexity index is 1020. The number of esters is 1. The van der Waals surface area contributed by atoms with E-state index in [0.717, 1.165) is 0 Å². The molecule has 2 aromatic carbocycles. The third-order valence-electron chi connectivity index (χ3n) is 3.97. The molecule has 0 aliphatic rings. The van der Waals surface area contributed by atoms with E-state index in [1.807, 2.05) is 0 Å². The number of carbonyl (C=O) groups excluding carboxylic acids is 3. The topological polar surface area (TPSA) is 115 Å². The van der Waals surface area contributed by atoms with Crippen molar-refractivity contribution in [1.82, 2.24) is 10.7 Å². The molecule has 2 aromatic rings. The van der Waals surface area contributed by atoms with Gasteiger partial charge < -0.3 is 19.5 Å². The van der Waals surface area contributed by atoms with Crippen molar-refractivity contribution in [2.75, 3.05) is 27.4 Å². The van der Waals surface area contributed by atoms with Crippen LogP contribution in [0, 0.1) is 5.82 Å². The normalized spacial score (nSPS) is 10.5. The number of methoxy groups -OCH3 is 2. The van der Waals surface area contributed by atoms with E-state index < -0.39 is 23.6 Å². The minimum Gasteiger partial charge on any atom is -0.493 e. The van der Waals surface area contributed by atoms with Crippen LogP contribution in [-0.4, -0.2) is 51.4 Å². The van der Waals surface area contributed by atoms with Gasteiger partial charge in [0.25, 0.3) is 5.91 Å². The zero-order valence-corrected chi connectivity index (χ0v) is 18.9. The van der Waals surface area contributed by atoms with Gasteiger partial charge in [0.2, 0.25) is 5.91 Å². The first-order valence-corrected chi connectivity index (χ1v) is 10.1. The zero-order chi connectivity index (χ0) is 23.5. The summed E-state index contributed by atoms with van der Waals surface area (Å²) < 4.78 is 29.2. The number of hydrogen-bond donors (Lipinski definition) is 2. The Morgan fingerprint density at radius 2 is 1.94 bits per heavy atom. The molecule has 11 heteroatoms. The molecule has 9 nitrogen and oxygen atoms in total. The number of rotatable bonds is 10. The van der Waals surface area contributed by atoms with Crippen molar-refractivity contribution >= 4 is 39.9 Å². The molecule has 0 saturated heterocycles. The van der Waals surface area contributed by atoms with Crippen molar-refractivity contribution in [1.29, 1.82) is 0 Å². The highest BCUT2D eigenvalue weighted by Gasteiger charge is 2.14. The molecular weight excluding hydrogens is 489 g/mol. The van der Waals surface area contributed by atoms with Gasteiger partial charge in [-0.2, -0.15) is 5.10 Å². The monoisotopic (exact) mass is 509 g/mol. The molecule has 0 aliphatic carbocycles. The summed E-state index contributed by atoms with van der Waals surface area (Å²) in [4.78, 5) is 35.1. The van der Waals surface area contributed by atoms with E-state index in [0.29, 0.717) is 21.5 Å². The van der Waals surface area contributed by atoms with E-state index in [4.69, 9.17) is 9.47 Å². The van der Waals surface area contributed by atoms with E-state index in [1.54, 1.807) is 18.2 Å². The highest BCUT2D eigenvalue weighted by atomic mass is 79.9. The van der Waals surface area contributed by atoms with Crippen LogP contribution >= 0.6 is 15.9 Å². The number of amides is 2.